The zero-order valence-corrected chi connectivity index (χ0v) is 24.2. The number of halogens is 4. The Bertz CT molecular complexity index is 1260. The summed E-state index contributed by atoms with van der Waals surface area (Å²) in [4.78, 5) is 47.4. The highest BCUT2D eigenvalue weighted by molar-refractivity contribution is 6.31. The van der Waals surface area contributed by atoms with E-state index in [2.05, 4.69) is 16.7 Å². The van der Waals surface area contributed by atoms with Crippen LogP contribution in [0.2, 0.25) is 5.02 Å². The first-order valence-corrected chi connectivity index (χ1v) is 14.2. The van der Waals surface area contributed by atoms with Gasteiger partial charge in [-0.2, -0.15) is 18.2 Å². The lowest BCUT2D eigenvalue weighted by Crippen LogP contribution is -2.49. The van der Waals surface area contributed by atoms with Crippen LogP contribution in [0.15, 0.2) is 48.5 Å². The maximum absolute atomic E-state index is 13.5. The van der Waals surface area contributed by atoms with Crippen molar-refractivity contribution in [1.82, 2.24) is 14.9 Å². The molecule has 2 saturated heterocycles. The van der Waals surface area contributed by atoms with Crippen molar-refractivity contribution in [3.8, 4) is 0 Å². The van der Waals surface area contributed by atoms with Crippen LogP contribution < -0.4 is 0 Å². The molecule has 2 aliphatic heterocycles. The van der Waals surface area contributed by atoms with E-state index in [1.54, 1.807) is 17.0 Å². The third-order valence-electron chi connectivity index (χ3n) is 7.97. The Labute approximate surface area is 243 Å². The fourth-order valence-electron chi connectivity index (χ4n) is 5.66. The molecule has 1 unspecified atom stereocenters. The van der Waals surface area contributed by atoms with E-state index < -0.39 is 23.6 Å². The first-order valence-electron chi connectivity index (χ1n) is 13.8. The number of alkyl halides is 3. The van der Waals surface area contributed by atoms with Gasteiger partial charge < -0.3 is 9.74 Å². The molecule has 4 rings (SSSR count). The van der Waals surface area contributed by atoms with Gasteiger partial charge in [0, 0.05) is 41.8 Å². The third-order valence-corrected chi connectivity index (χ3v) is 8.30. The van der Waals surface area contributed by atoms with Crippen molar-refractivity contribution in [2.45, 2.75) is 64.2 Å². The summed E-state index contributed by atoms with van der Waals surface area (Å²) in [6.07, 6.45) is -1.08. The van der Waals surface area contributed by atoms with Gasteiger partial charge in [-0.25, -0.2) is 4.79 Å². The van der Waals surface area contributed by atoms with Crippen LogP contribution >= 0.6 is 11.6 Å². The molecule has 2 aromatic rings. The van der Waals surface area contributed by atoms with E-state index in [0.29, 0.717) is 35.7 Å². The number of carbonyl (C=O) groups excluding carboxylic acids is 3. The van der Waals surface area contributed by atoms with Gasteiger partial charge in [0.15, 0.2) is 0 Å². The normalized spacial score (nSPS) is 19.1. The molecule has 2 fully saturated rings. The van der Waals surface area contributed by atoms with Gasteiger partial charge in [0.1, 0.15) is 5.54 Å². The van der Waals surface area contributed by atoms with Gasteiger partial charge >= 0.3 is 12.1 Å². The molecule has 0 radical (unpaired) electrons. The second-order valence-electron chi connectivity index (χ2n) is 11.4. The minimum atomic E-state index is -5.33. The summed E-state index contributed by atoms with van der Waals surface area (Å²) in [7, 11) is 0. The van der Waals surface area contributed by atoms with E-state index in [4.69, 9.17) is 11.6 Å². The monoisotopic (exact) mass is 593 g/mol. The topological polar surface area (TPSA) is 70.2 Å². The van der Waals surface area contributed by atoms with E-state index in [-0.39, 0.29) is 22.1 Å². The van der Waals surface area contributed by atoms with E-state index in [1.807, 2.05) is 0 Å². The minimum absolute atomic E-state index is 0.0606. The second kappa shape index (κ2) is 12.4. The Balaban J connectivity index is 1.48. The number of hydrogen-bond donors (Lipinski definition) is 0. The standard InChI is InChI=1S/C30H35ClF3N3O4/c1-20-7-6-16-36(19-20)23-14-17-35(18-15-23)26(38)21-10-12-22(13-11-21)27(39)37(41-28(40)30(32,33)34)29(2,3)24-8-4-5-9-25(24)31/h4-5,8-13,20,23H,6-7,14-19H2,1-3H3. The quantitative estimate of drug-likeness (QED) is 0.393. The molecule has 0 aromatic heterocycles. The molecular weight excluding hydrogens is 559 g/mol. The number of nitrogens with zero attached hydrogens (tertiary/aromatic N) is 3. The van der Waals surface area contributed by atoms with Gasteiger partial charge in [-0.3, -0.25) is 14.5 Å². The van der Waals surface area contributed by atoms with Crippen LogP contribution in [0.1, 0.15) is 72.7 Å². The lowest BCUT2D eigenvalue weighted by Gasteiger charge is -2.41. The molecule has 0 spiro atoms. The first kappa shape index (κ1) is 30.8. The fraction of sp³-hybridized carbons (Fsp3) is 0.500. The maximum Gasteiger partial charge on any atom is 0.493 e. The van der Waals surface area contributed by atoms with Crippen LogP contribution in [0, 0.1) is 5.92 Å². The van der Waals surface area contributed by atoms with Crippen molar-refractivity contribution in [1.29, 1.82) is 0 Å². The molecule has 2 aromatic carbocycles. The maximum atomic E-state index is 13.5. The summed E-state index contributed by atoms with van der Waals surface area (Å²) in [6.45, 7) is 8.56. The Morgan fingerprint density at radius 1 is 0.927 bits per heavy atom. The molecule has 1 atom stereocenters. The summed E-state index contributed by atoms with van der Waals surface area (Å²) in [5.74, 6) is -3.03. The second-order valence-corrected chi connectivity index (χ2v) is 11.8. The van der Waals surface area contributed by atoms with E-state index in [0.717, 1.165) is 25.9 Å². The van der Waals surface area contributed by atoms with Crippen LogP contribution in [0.25, 0.3) is 0 Å². The average Bonchev–Trinajstić information content (AvgIpc) is 2.94. The van der Waals surface area contributed by atoms with Crippen molar-refractivity contribution in [2.24, 2.45) is 5.92 Å². The highest BCUT2D eigenvalue weighted by Gasteiger charge is 2.47. The number of amides is 2. The fourth-order valence-corrected chi connectivity index (χ4v) is 6.02. The Hall–Kier alpha value is -3.11. The first-order chi connectivity index (χ1) is 19.3. The van der Waals surface area contributed by atoms with Crippen molar-refractivity contribution in [3.05, 3.63) is 70.2 Å². The molecular formula is C30H35ClF3N3O4. The van der Waals surface area contributed by atoms with Gasteiger partial charge in [0.2, 0.25) is 0 Å². The number of likely N-dealkylation sites (tertiary alicyclic amines) is 2. The van der Waals surface area contributed by atoms with Crippen LogP contribution in [-0.4, -0.2) is 71.0 Å². The lowest BCUT2D eigenvalue weighted by molar-refractivity contribution is -0.242. The molecule has 0 bridgehead atoms. The van der Waals surface area contributed by atoms with Crippen LogP contribution in [0.3, 0.4) is 0 Å². The van der Waals surface area contributed by atoms with Crippen molar-refractivity contribution in [3.63, 3.8) is 0 Å². The van der Waals surface area contributed by atoms with Crippen molar-refractivity contribution in [2.75, 3.05) is 26.2 Å². The molecule has 2 amide bonds. The van der Waals surface area contributed by atoms with E-state index in [1.165, 1.54) is 63.1 Å². The summed E-state index contributed by atoms with van der Waals surface area (Å²) in [5, 5.41) is 0.561. The molecule has 2 aliphatic rings. The molecule has 0 saturated carbocycles. The largest absolute Gasteiger partial charge is 0.493 e. The molecule has 0 N–H and O–H groups in total. The summed E-state index contributed by atoms with van der Waals surface area (Å²) >= 11 is 6.27. The molecule has 7 nitrogen and oxygen atoms in total. The predicted molar refractivity (Wildman–Crippen MR) is 148 cm³/mol. The minimum Gasteiger partial charge on any atom is -0.339 e. The number of benzene rings is 2. The summed E-state index contributed by atoms with van der Waals surface area (Å²) < 4.78 is 39.4. The predicted octanol–water partition coefficient (Wildman–Crippen LogP) is 6.07. The van der Waals surface area contributed by atoms with Gasteiger partial charge in [-0.05, 0) is 87.9 Å². The summed E-state index contributed by atoms with van der Waals surface area (Å²) in [6, 6.07) is 12.3. The molecule has 41 heavy (non-hydrogen) atoms. The van der Waals surface area contributed by atoms with Gasteiger partial charge in [-0.15, -0.1) is 0 Å². The van der Waals surface area contributed by atoms with E-state index >= 15 is 0 Å². The van der Waals surface area contributed by atoms with Gasteiger partial charge in [-0.1, -0.05) is 36.7 Å². The van der Waals surface area contributed by atoms with Crippen LogP contribution in [0.4, 0.5) is 13.2 Å². The molecule has 2 heterocycles. The van der Waals surface area contributed by atoms with Crippen LogP contribution in [-0.2, 0) is 15.2 Å². The molecule has 11 heteroatoms. The molecule has 222 valence electrons. The SMILES string of the molecule is CC1CCCN(C2CCN(C(=O)c3ccc(C(=O)N(OC(=O)C(F)(F)F)C(C)(C)c4ccccc4Cl)cc3)CC2)C1. The highest BCUT2D eigenvalue weighted by Crippen LogP contribution is 2.35. The van der Waals surface area contributed by atoms with E-state index in [9.17, 15) is 27.6 Å². The lowest BCUT2D eigenvalue weighted by atomic mass is 9.93. The average molecular weight is 594 g/mol. The van der Waals surface area contributed by atoms with Crippen molar-refractivity contribution >= 4 is 29.4 Å². The summed E-state index contributed by atoms with van der Waals surface area (Å²) in [5.41, 5.74) is -0.994. The Kier molecular flexibility index (Phi) is 9.33. The smallest absolute Gasteiger partial charge is 0.339 e. The number of carbonyl (C=O) groups is 3. The van der Waals surface area contributed by atoms with Crippen LogP contribution in [0.5, 0.6) is 0 Å². The number of piperidine rings is 2. The Morgan fingerprint density at radius 3 is 2.12 bits per heavy atom. The zero-order valence-electron chi connectivity index (χ0n) is 23.4. The van der Waals surface area contributed by atoms with Gasteiger partial charge in [0.05, 0.1) is 0 Å². The highest BCUT2D eigenvalue weighted by atomic mass is 35.5. The number of hydroxylamine groups is 2. The van der Waals surface area contributed by atoms with Gasteiger partial charge in [0.25, 0.3) is 11.8 Å². The zero-order chi connectivity index (χ0) is 29.9. The molecule has 0 aliphatic carbocycles. The number of hydrogen-bond acceptors (Lipinski definition) is 5. The Morgan fingerprint density at radius 2 is 1.54 bits per heavy atom. The third kappa shape index (κ3) is 7.04. The number of rotatable bonds is 5. The van der Waals surface area contributed by atoms with Crippen molar-refractivity contribution < 1.29 is 32.4 Å².